The summed E-state index contributed by atoms with van der Waals surface area (Å²) in [6.07, 6.45) is 0. The summed E-state index contributed by atoms with van der Waals surface area (Å²) in [7, 11) is 1.79. The average molecular weight is 248 g/mol. The molecule has 3 heteroatoms. The second kappa shape index (κ2) is 5.53. The normalized spacial score (nSPS) is 11.4. The number of hydrogen-bond acceptors (Lipinski definition) is 2. The second-order valence-corrected chi connectivity index (χ2v) is 5.85. The van der Waals surface area contributed by atoms with Crippen LogP contribution in [-0.4, -0.2) is 24.4 Å². The molecule has 0 radical (unpaired) electrons. The molecule has 0 heterocycles. The van der Waals surface area contributed by atoms with Crippen LogP contribution in [0.5, 0.6) is 0 Å². The monoisotopic (exact) mass is 248 g/mol. The highest BCUT2D eigenvalue weighted by Crippen LogP contribution is 2.24. The molecule has 1 aromatic carbocycles. The first-order valence-electron chi connectivity index (χ1n) is 6.29. The molecule has 3 nitrogen and oxygen atoms in total. The third-order valence-corrected chi connectivity index (χ3v) is 3.22. The van der Waals surface area contributed by atoms with Gasteiger partial charge in [-0.3, -0.25) is 4.79 Å². The Morgan fingerprint density at radius 3 is 2.44 bits per heavy atom. The van der Waals surface area contributed by atoms with Crippen LogP contribution in [0, 0.1) is 6.92 Å². The van der Waals surface area contributed by atoms with Crippen molar-refractivity contribution >= 4 is 5.91 Å². The van der Waals surface area contributed by atoms with E-state index >= 15 is 0 Å². The first-order chi connectivity index (χ1) is 8.25. The van der Waals surface area contributed by atoms with Crippen molar-refractivity contribution < 1.29 is 4.79 Å². The fourth-order valence-electron chi connectivity index (χ4n) is 1.81. The Labute approximate surface area is 110 Å². The van der Waals surface area contributed by atoms with Gasteiger partial charge >= 0.3 is 0 Å². The Kier molecular flexibility index (Phi) is 4.52. The van der Waals surface area contributed by atoms with Crippen molar-refractivity contribution in [2.45, 2.75) is 39.7 Å². The minimum absolute atomic E-state index is 0.0319. The van der Waals surface area contributed by atoms with E-state index in [1.807, 2.05) is 0 Å². The molecule has 1 amide bonds. The maximum atomic E-state index is 11.5. The van der Waals surface area contributed by atoms with Gasteiger partial charge in [0.2, 0.25) is 5.91 Å². The van der Waals surface area contributed by atoms with Crippen molar-refractivity contribution in [3.8, 4) is 0 Å². The second-order valence-electron chi connectivity index (χ2n) is 5.85. The van der Waals surface area contributed by atoms with Crippen LogP contribution in [0.3, 0.4) is 0 Å². The summed E-state index contributed by atoms with van der Waals surface area (Å²) in [6.45, 7) is 9.32. The molecule has 2 N–H and O–H groups in total. The lowest BCUT2D eigenvalue weighted by molar-refractivity contribution is -0.128. The molecule has 0 bridgehead atoms. The summed E-state index contributed by atoms with van der Waals surface area (Å²) in [6, 6.07) is 6.47. The topological polar surface area (TPSA) is 46.3 Å². The van der Waals surface area contributed by atoms with Crippen LogP contribution in [0.1, 0.15) is 37.5 Å². The van der Waals surface area contributed by atoms with Crippen LogP contribution in [0.15, 0.2) is 18.2 Å². The summed E-state index contributed by atoms with van der Waals surface area (Å²) in [5.41, 5.74) is 9.18. The van der Waals surface area contributed by atoms with E-state index in [0.717, 1.165) is 0 Å². The quantitative estimate of drug-likeness (QED) is 0.891. The molecule has 0 saturated carbocycles. The standard InChI is InChI=1S/C15H24N2O/c1-11-6-7-13(15(2,3)4)8-12(11)10-17(5)14(18)9-16/h6-8H,9-10,16H2,1-5H3. The number of likely N-dealkylation sites (N-methyl/N-ethyl adjacent to an activating group) is 1. The summed E-state index contributed by atoms with van der Waals surface area (Å²) in [4.78, 5) is 13.2. The van der Waals surface area contributed by atoms with Crippen molar-refractivity contribution in [2.75, 3.05) is 13.6 Å². The molecule has 0 aliphatic rings. The predicted octanol–water partition coefficient (Wildman–Crippen LogP) is 2.21. The molecule has 0 aliphatic carbocycles. The van der Waals surface area contributed by atoms with Gasteiger partial charge in [-0.15, -0.1) is 0 Å². The number of carbonyl (C=O) groups excluding carboxylic acids is 1. The van der Waals surface area contributed by atoms with Gasteiger partial charge in [0.15, 0.2) is 0 Å². The zero-order chi connectivity index (χ0) is 13.9. The van der Waals surface area contributed by atoms with Gasteiger partial charge in [0.05, 0.1) is 6.54 Å². The van der Waals surface area contributed by atoms with Gasteiger partial charge in [-0.25, -0.2) is 0 Å². The van der Waals surface area contributed by atoms with Gasteiger partial charge in [0.1, 0.15) is 0 Å². The van der Waals surface area contributed by atoms with Crippen molar-refractivity contribution in [3.05, 3.63) is 34.9 Å². The molecule has 100 valence electrons. The van der Waals surface area contributed by atoms with Gasteiger partial charge in [-0.05, 0) is 29.0 Å². The Hall–Kier alpha value is -1.35. The minimum Gasteiger partial charge on any atom is -0.340 e. The summed E-state index contributed by atoms with van der Waals surface area (Å²) >= 11 is 0. The number of benzene rings is 1. The van der Waals surface area contributed by atoms with E-state index in [0.29, 0.717) is 6.54 Å². The van der Waals surface area contributed by atoms with Crippen LogP contribution < -0.4 is 5.73 Å². The maximum Gasteiger partial charge on any atom is 0.236 e. The van der Waals surface area contributed by atoms with Crippen molar-refractivity contribution in [2.24, 2.45) is 5.73 Å². The number of nitrogens with two attached hydrogens (primary N) is 1. The molecule has 0 saturated heterocycles. The zero-order valence-electron chi connectivity index (χ0n) is 12.1. The van der Waals surface area contributed by atoms with Gasteiger partial charge < -0.3 is 10.6 Å². The van der Waals surface area contributed by atoms with E-state index in [9.17, 15) is 4.79 Å². The number of aryl methyl sites for hydroxylation is 1. The number of amides is 1. The molecule has 0 unspecified atom stereocenters. The van der Waals surface area contributed by atoms with Crippen molar-refractivity contribution in [3.63, 3.8) is 0 Å². The average Bonchev–Trinajstić information content (AvgIpc) is 2.29. The highest BCUT2D eigenvalue weighted by molar-refractivity contribution is 5.77. The fourth-order valence-corrected chi connectivity index (χ4v) is 1.81. The molecule has 1 rings (SSSR count). The summed E-state index contributed by atoms with van der Waals surface area (Å²) in [5.74, 6) is -0.0319. The Morgan fingerprint density at radius 1 is 1.33 bits per heavy atom. The van der Waals surface area contributed by atoms with E-state index in [-0.39, 0.29) is 17.9 Å². The highest BCUT2D eigenvalue weighted by Gasteiger charge is 2.16. The van der Waals surface area contributed by atoms with Gasteiger partial charge in [0.25, 0.3) is 0 Å². The first-order valence-corrected chi connectivity index (χ1v) is 6.29. The van der Waals surface area contributed by atoms with E-state index in [4.69, 9.17) is 5.73 Å². The predicted molar refractivity (Wildman–Crippen MR) is 75.4 cm³/mol. The molecular weight excluding hydrogens is 224 g/mol. The third kappa shape index (κ3) is 3.57. The van der Waals surface area contributed by atoms with Gasteiger partial charge in [0, 0.05) is 13.6 Å². The lowest BCUT2D eigenvalue weighted by atomic mass is 9.85. The van der Waals surface area contributed by atoms with Crippen LogP contribution >= 0.6 is 0 Å². The van der Waals surface area contributed by atoms with E-state index in [1.54, 1.807) is 11.9 Å². The number of carbonyl (C=O) groups is 1. The van der Waals surface area contributed by atoms with Crippen LogP contribution in [0.2, 0.25) is 0 Å². The molecule has 0 aromatic heterocycles. The SMILES string of the molecule is Cc1ccc(C(C)(C)C)cc1CN(C)C(=O)CN. The molecule has 0 spiro atoms. The lowest BCUT2D eigenvalue weighted by Crippen LogP contribution is -2.32. The number of rotatable bonds is 3. The van der Waals surface area contributed by atoms with E-state index in [1.165, 1.54) is 16.7 Å². The molecule has 1 aromatic rings. The summed E-state index contributed by atoms with van der Waals surface area (Å²) < 4.78 is 0. The van der Waals surface area contributed by atoms with Crippen molar-refractivity contribution in [1.29, 1.82) is 0 Å². The lowest BCUT2D eigenvalue weighted by Gasteiger charge is -2.23. The molecule has 0 fully saturated rings. The highest BCUT2D eigenvalue weighted by atomic mass is 16.2. The maximum absolute atomic E-state index is 11.5. The van der Waals surface area contributed by atoms with Crippen molar-refractivity contribution in [1.82, 2.24) is 4.90 Å². The molecule has 0 atom stereocenters. The fraction of sp³-hybridized carbons (Fsp3) is 0.533. The number of nitrogens with zero attached hydrogens (tertiary/aromatic N) is 1. The molecule has 18 heavy (non-hydrogen) atoms. The smallest absolute Gasteiger partial charge is 0.236 e. The van der Waals surface area contributed by atoms with E-state index in [2.05, 4.69) is 45.9 Å². The summed E-state index contributed by atoms with van der Waals surface area (Å²) in [5, 5.41) is 0. The number of hydrogen-bond donors (Lipinski definition) is 1. The van der Waals surface area contributed by atoms with Crippen LogP contribution in [0.4, 0.5) is 0 Å². The zero-order valence-corrected chi connectivity index (χ0v) is 12.1. The Balaban J connectivity index is 2.98. The van der Waals surface area contributed by atoms with Gasteiger partial charge in [-0.1, -0.05) is 39.0 Å². The Bertz CT molecular complexity index is 433. The van der Waals surface area contributed by atoms with E-state index < -0.39 is 0 Å². The molecular formula is C15H24N2O. The van der Waals surface area contributed by atoms with Crippen LogP contribution in [-0.2, 0) is 16.8 Å². The van der Waals surface area contributed by atoms with Gasteiger partial charge in [-0.2, -0.15) is 0 Å². The first kappa shape index (κ1) is 14.7. The molecule has 0 aliphatic heterocycles. The Morgan fingerprint density at radius 2 is 1.94 bits per heavy atom. The third-order valence-electron chi connectivity index (χ3n) is 3.22. The largest absolute Gasteiger partial charge is 0.340 e. The minimum atomic E-state index is -0.0319. The van der Waals surface area contributed by atoms with Crippen LogP contribution in [0.25, 0.3) is 0 Å².